The molecule has 1 aromatic rings. The Hall–Kier alpha value is -0.930. The molecule has 1 atom stereocenters. The minimum atomic E-state index is 0. The summed E-state index contributed by atoms with van der Waals surface area (Å²) in [5.41, 5.74) is 2.61. The second-order valence-corrected chi connectivity index (χ2v) is 4.16. The quantitative estimate of drug-likeness (QED) is 0.901. The van der Waals surface area contributed by atoms with Gasteiger partial charge in [-0.15, -0.1) is 12.4 Å². The number of benzene rings is 1. The van der Waals surface area contributed by atoms with Crippen LogP contribution in [0.25, 0.3) is 0 Å². The highest BCUT2D eigenvalue weighted by molar-refractivity contribution is 5.85. The van der Waals surface area contributed by atoms with Crippen LogP contribution in [0, 0.1) is 0 Å². The zero-order chi connectivity index (χ0) is 11.5. The summed E-state index contributed by atoms with van der Waals surface area (Å²) in [5.74, 6) is 1.97. The molecular formula is C13H20ClNO2. The molecule has 1 N–H and O–H groups in total. The Kier molecular flexibility index (Phi) is 5.09. The van der Waals surface area contributed by atoms with Crippen LogP contribution in [0.4, 0.5) is 0 Å². The molecule has 0 radical (unpaired) electrons. The Bertz CT molecular complexity index is 382. The molecule has 0 fully saturated rings. The van der Waals surface area contributed by atoms with Gasteiger partial charge in [-0.2, -0.15) is 0 Å². The van der Waals surface area contributed by atoms with E-state index in [-0.39, 0.29) is 12.4 Å². The maximum absolute atomic E-state index is 5.42. The SMILES string of the molecule is CN[C@@H]1CCc2c(OC)ccc(OC)c2C1.Cl. The molecule has 0 bridgehead atoms. The van der Waals surface area contributed by atoms with Crippen molar-refractivity contribution >= 4 is 12.4 Å². The lowest BCUT2D eigenvalue weighted by Gasteiger charge is -2.27. The summed E-state index contributed by atoms with van der Waals surface area (Å²) < 4.78 is 10.8. The van der Waals surface area contributed by atoms with Gasteiger partial charge in [0.2, 0.25) is 0 Å². The highest BCUT2D eigenvalue weighted by Crippen LogP contribution is 2.35. The van der Waals surface area contributed by atoms with Gasteiger partial charge >= 0.3 is 0 Å². The lowest BCUT2D eigenvalue weighted by atomic mass is 9.87. The molecule has 0 unspecified atom stereocenters. The fraction of sp³-hybridized carbons (Fsp3) is 0.538. The number of ether oxygens (including phenoxy) is 2. The van der Waals surface area contributed by atoms with Crippen LogP contribution in [-0.2, 0) is 12.8 Å². The fourth-order valence-corrected chi connectivity index (χ4v) is 2.44. The summed E-state index contributed by atoms with van der Waals surface area (Å²) >= 11 is 0. The summed E-state index contributed by atoms with van der Waals surface area (Å²) in [6.07, 6.45) is 3.24. The molecule has 96 valence electrons. The van der Waals surface area contributed by atoms with Crippen LogP contribution in [0.2, 0.25) is 0 Å². The predicted molar refractivity (Wildman–Crippen MR) is 71.7 cm³/mol. The minimum absolute atomic E-state index is 0. The van der Waals surface area contributed by atoms with E-state index >= 15 is 0 Å². The maximum atomic E-state index is 5.42. The largest absolute Gasteiger partial charge is 0.496 e. The third-order valence-electron chi connectivity index (χ3n) is 3.39. The normalized spacial score (nSPS) is 17.9. The summed E-state index contributed by atoms with van der Waals surface area (Å²) in [6, 6.07) is 4.54. The van der Waals surface area contributed by atoms with Crippen LogP contribution in [0.1, 0.15) is 17.5 Å². The molecule has 3 nitrogen and oxygen atoms in total. The van der Waals surface area contributed by atoms with Gasteiger partial charge in [-0.3, -0.25) is 0 Å². The molecule has 0 saturated heterocycles. The van der Waals surface area contributed by atoms with E-state index in [2.05, 4.69) is 5.32 Å². The predicted octanol–water partition coefficient (Wildman–Crippen LogP) is 2.20. The molecule has 0 heterocycles. The van der Waals surface area contributed by atoms with Gasteiger partial charge < -0.3 is 14.8 Å². The molecule has 1 aliphatic carbocycles. The van der Waals surface area contributed by atoms with E-state index in [1.54, 1.807) is 14.2 Å². The summed E-state index contributed by atoms with van der Waals surface area (Å²) in [5, 5.41) is 3.34. The van der Waals surface area contributed by atoms with Gasteiger partial charge in [0.15, 0.2) is 0 Å². The van der Waals surface area contributed by atoms with E-state index in [9.17, 15) is 0 Å². The Balaban J connectivity index is 0.00000144. The fourth-order valence-electron chi connectivity index (χ4n) is 2.44. The average molecular weight is 258 g/mol. The van der Waals surface area contributed by atoms with Crippen molar-refractivity contribution in [2.24, 2.45) is 0 Å². The number of halogens is 1. The number of hydrogen-bond donors (Lipinski definition) is 1. The van der Waals surface area contributed by atoms with Crippen molar-refractivity contribution in [2.45, 2.75) is 25.3 Å². The number of likely N-dealkylation sites (N-methyl/N-ethyl adjacent to an activating group) is 1. The van der Waals surface area contributed by atoms with Gasteiger partial charge in [0, 0.05) is 17.2 Å². The molecule has 4 heteroatoms. The monoisotopic (exact) mass is 257 g/mol. The first-order chi connectivity index (χ1) is 7.80. The Morgan fingerprint density at radius 2 is 1.71 bits per heavy atom. The number of nitrogens with one attached hydrogen (secondary N) is 1. The third kappa shape index (κ3) is 2.67. The Labute approximate surface area is 109 Å². The van der Waals surface area contributed by atoms with E-state index in [0.29, 0.717) is 6.04 Å². The lowest BCUT2D eigenvalue weighted by molar-refractivity contribution is 0.380. The zero-order valence-electron chi connectivity index (χ0n) is 10.6. The van der Waals surface area contributed by atoms with Gasteiger partial charge in [-0.05, 0) is 38.4 Å². The average Bonchev–Trinajstić information content (AvgIpc) is 2.36. The lowest BCUT2D eigenvalue weighted by Crippen LogP contribution is -2.31. The minimum Gasteiger partial charge on any atom is -0.496 e. The maximum Gasteiger partial charge on any atom is 0.122 e. The van der Waals surface area contributed by atoms with Crippen molar-refractivity contribution in [1.82, 2.24) is 5.32 Å². The van der Waals surface area contributed by atoms with Gasteiger partial charge in [-0.1, -0.05) is 0 Å². The zero-order valence-corrected chi connectivity index (χ0v) is 11.4. The number of hydrogen-bond acceptors (Lipinski definition) is 3. The van der Waals surface area contributed by atoms with Crippen LogP contribution in [0.5, 0.6) is 11.5 Å². The first kappa shape index (κ1) is 14.1. The van der Waals surface area contributed by atoms with E-state index in [4.69, 9.17) is 9.47 Å². The van der Waals surface area contributed by atoms with Crippen LogP contribution in [0.3, 0.4) is 0 Å². The van der Waals surface area contributed by atoms with Crippen LogP contribution < -0.4 is 14.8 Å². The molecule has 0 saturated carbocycles. The standard InChI is InChI=1S/C13H19NO2.ClH/c1-14-9-4-5-10-11(8-9)13(16-3)7-6-12(10)15-2;/h6-7,9,14H,4-5,8H2,1-3H3;1H/t9-;/m1./s1. The van der Waals surface area contributed by atoms with Crippen LogP contribution in [0.15, 0.2) is 12.1 Å². The molecule has 0 spiro atoms. The Morgan fingerprint density at radius 1 is 1.12 bits per heavy atom. The van der Waals surface area contributed by atoms with Crippen molar-refractivity contribution in [2.75, 3.05) is 21.3 Å². The molecular weight excluding hydrogens is 238 g/mol. The first-order valence-corrected chi connectivity index (χ1v) is 5.70. The number of fused-ring (bicyclic) bond motifs is 1. The van der Waals surface area contributed by atoms with E-state index in [0.717, 1.165) is 30.8 Å². The molecule has 17 heavy (non-hydrogen) atoms. The summed E-state index contributed by atoms with van der Waals surface area (Å²) in [7, 11) is 5.47. The van der Waals surface area contributed by atoms with Gasteiger partial charge in [0.1, 0.15) is 11.5 Å². The second kappa shape index (κ2) is 6.12. The van der Waals surface area contributed by atoms with Gasteiger partial charge in [-0.25, -0.2) is 0 Å². The van der Waals surface area contributed by atoms with Crippen molar-refractivity contribution in [3.05, 3.63) is 23.3 Å². The van der Waals surface area contributed by atoms with E-state index < -0.39 is 0 Å². The van der Waals surface area contributed by atoms with Crippen molar-refractivity contribution < 1.29 is 9.47 Å². The second-order valence-electron chi connectivity index (χ2n) is 4.16. The molecule has 1 aliphatic rings. The topological polar surface area (TPSA) is 30.5 Å². The highest BCUT2D eigenvalue weighted by atomic mass is 35.5. The van der Waals surface area contributed by atoms with Crippen molar-refractivity contribution in [3.8, 4) is 11.5 Å². The van der Waals surface area contributed by atoms with E-state index in [1.165, 1.54) is 11.1 Å². The smallest absolute Gasteiger partial charge is 0.122 e. The first-order valence-electron chi connectivity index (χ1n) is 5.70. The highest BCUT2D eigenvalue weighted by Gasteiger charge is 2.23. The number of rotatable bonds is 3. The van der Waals surface area contributed by atoms with Gasteiger partial charge in [0.25, 0.3) is 0 Å². The van der Waals surface area contributed by atoms with Crippen molar-refractivity contribution in [1.29, 1.82) is 0 Å². The Morgan fingerprint density at radius 3 is 2.24 bits per heavy atom. The van der Waals surface area contributed by atoms with E-state index in [1.807, 2.05) is 19.2 Å². The summed E-state index contributed by atoms with van der Waals surface area (Å²) in [4.78, 5) is 0. The molecule has 2 rings (SSSR count). The van der Waals surface area contributed by atoms with Gasteiger partial charge in [0.05, 0.1) is 14.2 Å². The molecule has 0 aromatic heterocycles. The van der Waals surface area contributed by atoms with Crippen molar-refractivity contribution in [3.63, 3.8) is 0 Å². The van der Waals surface area contributed by atoms with Crippen LogP contribution in [-0.4, -0.2) is 27.3 Å². The molecule has 1 aromatic carbocycles. The summed E-state index contributed by atoms with van der Waals surface area (Å²) in [6.45, 7) is 0. The number of methoxy groups -OCH3 is 2. The molecule has 0 amide bonds. The van der Waals surface area contributed by atoms with Crippen LogP contribution >= 0.6 is 12.4 Å². The molecule has 0 aliphatic heterocycles. The third-order valence-corrected chi connectivity index (χ3v) is 3.39.